The van der Waals surface area contributed by atoms with E-state index < -0.39 is 0 Å². The summed E-state index contributed by atoms with van der Waals surface area (Å²) < 4.78 is 0. The molecule has 1 aromatic rings. The van der Waals surface area contributed by atoms with Crippen molar-refractivity contribution < 1.29 is 0 Å². The van der Waals surface area contributed by atoms with Crippen LogP contribution in [0.1, 0.15) is 38.8 Å². The zero-order valence-electron chi connectivity index (χ0n) is 13.6. The highest BCUT2D eigenvalue weighted by Crippen LogP contribution is 2.08. The Kier molecular flexibility index (Phi) is 6.97. The summed E-state index contributed by atoms with van der Waals surface area (Å²) in [6.45, 7) is 16.7. The predicted molar refractivity (Wildman–Crippen MR) is 89.0 cm³/mol. The van der Waals surface area contributed by atoms with Gasteiger partial charge in [0.1, 0.15) is 0 Å². The molecule has 112 valence electrons. The van der Waals surface area contributed by atoms with Gasteiger partial charge in [-0.3, -0.25) is 4.90 Å². The molecule has 2 nitrogen and oxygen atoms in total. The molecular weight excluding hydrogens is 244 g/mol. The third-order valence-electron chi connectivity index (χ3n) is 3.33. The lowest BCUT2D eigenvalue weighted by molar-refractivity contribution is 0.311. The fourth-order valence-electron chi connectivity index (χ4n) is 2.14. The number of nitrogens with one attached hydrogen (secondary N) is 1. The summed E-state index contributed by atoms with van der Waals surface area (Å²) in [4.78, 5) is 2.38. The molecule has 0 amide bonds. The number of rotatable bonds is 8. The molecular formula is C18H30N2. The quantitative estimate of drug-likeness (QED) is 0.728. The van der Waals surface area contributed by atoms with Crippen LogP contribution >= 0.6 is 0 Å². The van der Waals surface area contributed by atoms with Gasteiger partial charge in [-0.25, -0.2) is 0 Å². The molecule has 0 bridgehead atoms. The first kappa shape index (κ1) is 16.9. The molecule has 0 atom stereocenters. The molecule has 1 aromatic carbocycles. The highest BCUT2D eigenvalue weighted by Gasteiger charge is 2.07. The lowest BCUT2D eigenvalue weighted by atomic mass is 10.1. The van der Waals surface area contributed by atoms with E-state index in [0.717, 1.165) is 32.6 Å². The number of benzene rings is 1. The highest BCUT2D eigenvalue weighted by atomic mass is 15.1. The van der Waals surface area contributed by atoms with Crippen molar-refractivity contribution in [2.24, 2.45) is 0 Å². The van der Waals surface area contributed by atoms with Crippen molar-refractivity contribution in [3.05, 3.63) is 48.0 Å². The molecule has 0 saturated heterocycles. The maximum absolute atomic E-state index is 3.81. The van der Waals surface area contributed by atoms with E-state index >= 15 is 0 Å². The second kappa shape index (κ2) is 8.23. The van der Waals surface area contributed by atoms with Crippen molar-refractivity contribution in [3.63, 3.8) is 0 Å². The SMILES string of the molecule is C=CCN(CC)Cc1ccc(CCNC(C)(C)C)cc1. The van der Waals surface area contributed by atoms with Crippen LogP contribution in [0.15, 0.2) is 36.9 Å². The molecule has 0 aliphatic heterocycles. The normalized spacial score (nSPS) is 11.8. The Labute approximate surface area is 124 Å². The fraction of sp³-hybridized carbons (Fsp3) is 0.556. The van der Waals surface area contributed by atoms with Crippen LogP contribution in [0.4, 0.5) is 0 Å². The lowest BCUT2D eigenvalue weighted by Gasteiger charge is -2.20. The standard InChI is InChI=1S/C18H30N2/c1-6-14-20(7-2)15-17-10-8-16(9-11-17)12-13-19-18(3,4)5/h6,8-11,19H,1,7,12-15H2,2-5H3. The van der Waals surface area contributed by atoms with Crippen LogP contribution in [0.2, 0.25) is 0 Å². The van der Waals surface area contributed by atoms with Gasteiger partial charge < -0.3 is 5.32 Å². The van der Waals surface area contributed by atoms with Crippen molar-refractivity contribution in [3.8, 4) is 0 Å². The second-order valence-electron chi connectivity index (χ2n) is 6.36. The van der Waals surface area contributed by atoms with Crippen LogP contribution in [0.3, 0.4) is 0 Å². The van der Waals surface area contributed by atoms with E-state index in [1.165, 1.54) is 11.1 Å². The van der Waals surface area contributed by atoms with E-state index in [1.54, 1.807) is 0 Å². The van der Waals surface area contributed by atoms with E-state index in [0.29, 0.717) is 0 Å². The minimum Gasteiger partial charge on any atom is -0.312 e. The largest absolute Gasteiger partial charge is 0.312 e. The Morgan fingerprint density at radius 1 is 1.15 bits per heavy atom. The number of hydrogen-bond acceptors (Lipinski definition) is 2. The van der Waals surface area contributed by atoms with Gasteiger partial charge in [-0.05, 0) is 51.4 Å². The summed E-state index contributed by atoms with van der Waals surface area (Å²) in [5.74, 6) is 0. The van der Waals surface area contributed by atoms with Crippen molar-refractivity contribution in [2.75, 3.05) is 19.6 Å². The zero-order valence-corrected chi connectivity index (χ0v) is 13.6. The average Bonchev–Trinajstić information content (AvgIpc) is 2.38. The fourth-order valence-corrected chi connectivity index (χ4v) is 2.14. The molecule has 0 radical (unpaired) electrons. The van der Waals surface area contributed by atoms with Gasteiger partial charge in [0.25, 0.3) is 0 Å². The Morgan fingerprint density at radius 2 is 1.75 bits per heavy atom. The number of hydrogen-bond donors (Lipinski definition) is 1. The van der Waals surface area contributed by atoms with E-state index in [-0.39, 0.29) is 5.54 Å². The third kappa shape index (κ3) is 6.88. The van der Waals surface area contributed by atoms with E-state index in [2.05, 4.69) is 68.8 Å². The van der Waals surface area contributed by atoms with Gasteiger partial charge in [-0.15, -0.1) is 6.58 Å². The van der Waals surface area contributed by atoms with Crippen LogP contribution in [0.25, 0.3) is 0 Å². The molecule has 0 saturated carbocycles. The van der Waals surface area contributed by atoms with Gasteiger partial charge in [0.05, 0.1) is 0 Å². The zero-order chi connectivity index (χ0) is 15.0. The van der Waals surface area contributed by atoms with Crippen LogP contribution in [-0.2, 0) is 13.0 Å². The van der Waals surface area contributed by atoms with Gasteiger partial charge in [0.2, 0.25) is 0 Å². The third-order valence-corrected chi connectivity index (χ3v) is 3.33. The summed E-state index contributed by atoms with van der Waals surface area (Å²) >= 11 is 0. The summed E-state index contributed by atoms with van der Waals surface area (Å²) in [5.41, 5.74) is 2.98. The van der Waals surface area contributed by atoms with Crippen molar-refractivity contribution in [1.29, 1.82) is 0 Å². The van der Waals surface area contributed by atoms with Gasteiger partial charge >= 0.3 is 0 Å². The van der Waals surface area contributed by atoms with Crippen LogP contribution < -0.4 is 5.32 Å². The maximum Gasteiger partial charge on any atom is 0.0236 e. The monoisotopic (exact) mass is 274 g/mol. The minimum absolute atomic E-state index is 0.201. The molecule has 0 heterocycles. The van der Waals surface area contributed by atoms with E-state index in [1.807, 2.05) is 6.08 Å². The molecule has 0 aliphatic rings. The molecule has 1 N–H and O–H groups in total. The van der Waals surface area contributed by atoms with Crippen LogP contribution in [0.5, 0.6) is 0 Å². The van der Waals surface area contributed by atoms with Crippen molar-refractivity contribution in [2.45, 2.75) is 46.2 Å². The van der Waals surface area contributed by atoms with Gasteiger partial charge in [0.15, 0.2) is 0 Å². The summed E-state index contributed by atoms with van der Waals surface area (Å²) in [6, 6.07) is 9.00. The Bertz CT molecular complexity index is 387. The lowest BCUT2D eigenvalue weighted by Crippen LogP contribution is -2.37. The molecule has 20 heavy (non-hydrogen) atoms. The smallest absolute Gasteiger partial charge is 0.0236 e. The van der Waals surface area contributed by atoms with Crippen LogP contribution in [0, 0.1) is 0 Å². The molecule has 0 aromatic heterocycles. The van der Waals surface area contributed by atoms with Gasteiger partial charge in [-0.2, -0.15) is 0 Å². The van der Waals surface area contributed by atoms with E-state index in [4.69, 9.17) is 0 Å². The molecule has 2 heteroatoms. The Hall–Kier alpha value is -1.12. The first-order valence-electron chi connectivity index (χ1n) is 7.60. The molecule has 0 aliphatic carbocycles. The predicted octanol–water partition coefficient (Wildman–Crippen LogP) is 3.63. The summed E-state index contributed by atoms with van der Waals surface area (Å²) in [7, 11) is 0. The molecule has 0 spiro atoms. The first-order valence-corrected chi connectivity index (χ1v) is 7.60. The summed E-state index contributed by atoms with van der Waals surface area (Å²) in [5, 5.41) is 3.52. The minimum atomic E-state index is 0.201. The van der Waals surface area contributed by atoms with E-state index in [9.17, 15) is 0 Å². The Morgan fingerprint density at radius 3 is 2.25 bits per heavy atom. The maximum atomic E-state index is 3.81. The van der Waals surface area contributed by atoms with Crippen molar-refractivity contribution in [1.82, 2.24) is 10.2 Å². The molecule has 1 rings (SSSR count). The summed E-state index contributed by atoms with van der Waals surface area (Å²) in [6.07, 6.45) is 3.05. The highest BCUT2D eigenvalue weighted by molar-refractivity contribution is 5.22. The molecule has 0 fully saturated rings. The van der Waals surface area contributed by atoms with Crippen LogP contribution in [-0.4, -0.2) is 30.1 Å². The van der Waals surface area contributed by atoms with Crippen molar-refractivity contribution >= 4 is 0 Å². The average molecular weight is 274 g/mol. The van der Waals surface area contributed by atoms with Gasteiger partial charge in [0, 0.05) is 18.6 Å². The second-order valence-corrected chi connectivity index (χ2v) is 6.36. The first-order chi connectivity index (χ1) is 9.44. The Balaban J connectivity index is 2.45. The molecule has 0 unspecified atom stereocenters. The number of nitrogens with zero attached hydrogens (tertiary/aromatic N) is 1. The topological polar surface area (TPSA) is 15.3 Å². The number of likely N-dealkylation sites (N-methyl/N-ethyl adjacent to an activating group) is 1. The van der Waals surface area contributed by atoms with Gasteiger partial charge in [-0.1, -0.05) is 37.3 Å².